The lowest BCUT2D eigenvalue weighted by Crippen LogP contribution is -2.18. The van der Waals surface area contributed by atoms with E-state index in [1.54, 1.807) is 14.0 Å². The van der Waals surface area contributed by atoms with Gasteiger partial charge in [-0.25, -0.2) is 0 Å². The minimum absolute atomic E-state index is 0.345. The van der Waals surface area contributed by atoms with Gasteiger partial charge in [-0.1, -0.05) is 0 Å². The van der Waals surface area contributed by atoms with Crippen LogP contribution < -0.4 is 0 Å². The molecule has 0 saturated heterocycles. The SMILES string of the molecule is CCOC(O)OCCOC. The number of methoxy groups -OCH3 is 1. The first-order chi connectivity index (χ1) is 4.81. The lowest BCUT2D eigenvalue weighted by atomic mass is 10.8. The molecule has 0 amide bonds. The van der Waals surface area contributed by atoms with Crippen LogP contribution in [0.5, 0.6) is 0 Å². The molecule has 0 aliphatic carbocycles. The molecule has 4 heteroatoms. The van der Waals surface area contributed by atoms with Crippen molar-refractivity contribution in [3.8, 4) is 0 Å². The third-order valence-corrected chi connectivity index (χ3v) is 0.857. The maximum Gasteiger partial charge on any atom is 0.269 e. The van der Waals surface area contributed by atoms with Crippen molar-refractivity contribution >= 4 is 0 Å². The van der Waals surface area contributed by atoms with Gasteiger partial charge in [0.15, 0.2) is 0 Å². The zero-order valence-corrected chi connectivity index (χ0v) is 6.37. The molecule has 0 bridgehead atoms. The molecule has 0 aromatic carbocycles. The van der Waals surface area contributed by atoms with Crippen LogP contribution in [0.2, 0.25) is 0 Å². The highest BCUT2D eigenvalue weighted by Crippen LogP contribution is 1.88. The molecule has 0 radical (unpaired) electrons. The van der Waals surface area contributed by atoms with E-state index in [9.17, 15) is 0 Å². The van der Waals surface area contributed by atoms with E-state index in [1.807, 2.05) is 0 Å². The number of ether oxygens (including phenoxy) is 3. The summed E-state index contributed by atoms with van der Waals surface area (Å²) in [5.74, 6) is 0. The van der Waals surface area contributed by atoms with Crippen LogP contribution in [-0.4, -0.2) is 38.5 Å². The minimum Gasteiger partial charge on any atom is -0.382 e. The standard InChI is InChI=1S/C6H14O4/c1-3-9-6(7)10-5-4-8-2/h6-7H,3-5H2,1-2H3. The van der Waals surface area contributed by atoms with Crippen LogP contribution in [0.3, 0.4) is 0 Å². The van der Waals surface area contributed by atoms with Crippen molar-refractivity contribution in [3.05, 3.63) is 0 Å². The van der Waals surface area contributed by atoms with Gasteiger partial charge >= 0.3 is 0 Å². The lowest BCUT2D eigenvalue weighted by Gasteiger charge is -2.09. The first-order valence-corrected chi connectivity index (χ1v) is 3.21. The first-order valence-electron chi connectivity index (χ1n) is 3.21. The van der Waals surface area contributed by atoms with Crippen molar-refractivity contribution in [2.75, 3.05) is 26.9 Å². The van der Waals surface area contributed by atoms with E-state index in [4.69, 9.17) is 9.84 Å². The molecule has 1 N–H and O–H groups in total. The smallest absolute Gasteiger partial charge is 0.269 e. The molecule has 0 fully saturated rings. The summed E-state index contributed by atoms with van der Waals surface area (Å²) in [5.41, 5.74) is 0. The van der Waals surface area contributed by atoms with Crippen LogP contribution in [0.15, 0.2) is 0 Å². The van der Waals surface area contributed by atoms with Gasteiger partial charge in [-0.2, -0.15) is 0 Å². The molecule has 4 nitrogen and oxygen atoms in total. The van der Waals surface area contributed by atoms with Gasteiger partial charge in [-0.05, 0) is 6.92 Å². The van der Waals surface area contributed by atoms with Crippen molar-refractivity contribution in [2.24, 2.45) is 0 Å². The summed E-state index contributed by atoms with van der Waals surface area (Å²) in [6.07, 6.45) is 0. The van der Waals surface area contributed by atoms with Crippen molar-refractivity contribution < 1.29 is 19.3 Å². The van der Waals surface area contributed by atoms with Crippen LogP contribution in [0.4, 0.5) is 0 Å². The number of hydrogen-bond donors (Lipinski definition) is 1. The topological polar surface area (TPSA) is 47.9 Å². The van der Waals surface area contributed by atoms with E-state index < -0.39 is 6.48 Å². The summed E-state index contributed by atoms with van der Waals surface area (Å²) in [6.45, 7) is 1.92. The maximum absolute atomic E-state index is 8.78. The average Bonchev–Trinajstić information content (AvgIpc) is 1.89. The van der Waals surface area contributed by atoms with Crippen LogP contribution in [0.1, 0.15) is 6.92 Å². The Morgan fingerprint density at radius 3 is 2.50 bits per heavy atom. The Kier molecular flexibility index (Phi) is 6.84. The first kappa shape index (κ1) is 9.84. The van der Waals surface area contributed by atoms with Gasteiger partial charge in [0.1, 0.15) is 0 Å². The number of hydrogen-bond acceptors (Lipinski definition) is 4. The van der Waals surface area contributed by atoms with Gasteiger partial charge < -0.3 is 19.3 Å². The number of rotatable bonds is 6. The molecule has 0 saturated carbocycles. The molecule has 0 aliphatic rings. The third kappa shape index (κ3) is 5.97. The summed E-state index contributed by atoms with van der Waals surface area (Å²) in [7, 11) is 1.57. The normalized spacial score (nSPS) is 13.5. The maximum atomic E-state index is 8.78. The van der Waals surface area contributed by atoms with Gasteiger partial charge in [-0.3, -0.25) is 0 Å². The van der Waals surface area contributed by atoms with Gasteiger partial charge in [0.2, 0.25) is 0 Å². The van der Waals surface area contributed by atoms with Crippen molar-refractivity contribution in [1.29, 1.82) is 0 Å². The molecule has 10 heavy (non-hydrogen) atoms. The van der Waals surface area contributed by atoms with Crippen LogP contribution in [-0.2, 0) is 14.2 Å². The van der Waals surface area contributed by atoms with Crippen LogP contribution in [0, 0.1) is 0 Å². The Hall–Kier alpha value is -0.160. The molecule has 62 valence electrons. The second kappa shape index (κ2) is 6.95. The van der Waals surface area contributed by atoms with E-state index >= 15 is 0 Å². The van der Waals surface area contributed by atoms with Crippen LogP contribution in [0.25, 0.3) is 0 Å². The fraction of sp³-hybridized carbons (Fsp3) is 1.00. The Bertz CT molecular complexity index is 66.8. The summed E-state index contributed by atoms with van der Waals surface area (Å²) in [5, 5.41) is 8.78. The average molecular weight is 150 g/mol. The highest BCUT2D eigenvalue weighted by atomic mass is 16.8. The summed E-state index contributed by atoms with van der Waals surface area (Å²) >= 11 is 0. The molecule has 0 rings (SSSR count). The summed E-state index contributed by atoms with van der Waals surface area (Å²) in [6, 6.07) is 0. The molecule has 0 aliphatic heterocycles. The third-order valence-electron chi connectivity index (χ3n) is 0.857. The van der Waals surface area contributed by atoms with Crippen molar-refractivity contribution in [2.45, 2.75) is 13.4 Å². The van der Waals surface area contributed by atoms with Gasteiger partial charge in [0, 0.05) is 13.7 Å². The Balaban J connectivity index is 2.97. The minimum atomic E-state index is -1.11. The van der Waals surface area contributed by atoms with Gasteiger partial charge in [-0.15, -0.1) is 0 Å². The molecular formula is C6H14O4. The van der Waals surface area contributed by atoms with Crippen molar-refractivity contribution in [1.82, 2.24) is 0 Å². The van der Waals surface area contributed by atoms with Crippen molar-refractivity contribution in [3.63, 3.8) is 0 Å². The lowest BCUT2D eigenvalue weighted by molar-refractivity contribution is -0.263. The highest BCUT2D eigenvalue weighted by molar-refractivity contribution is 4.24. The molecule has 1 atom stereocenters. The molecule has 0 spiro atoms. The second-order valence-electron chi connectivity index (χ2n) is 1.63. The number of aliphatic hydroxyl groups excluding tert-OH is 1. The van der Waals surface area contributed by atoms with E-state index in [-0.39, 0.29) is 0 Å². The van der Waals surface area contributed by atoms with Crippen LogP contribution >= 0.6 is 0 Å². The van der Waals surface area contributed by atoms with Gasteiger partial charge in [0.25, 0.3) is 6.48 Å². The largest absolute Gasteiger partial charge is 0.382 e. The molecule has 1 unspecified atom stereocenters. The van der Waals surface area contributed by atoms with E-state index in [0.29, 0.717) is 19.8 Å². The zero-order chi connectivity index (χ0) is 7.82. The molecule has 0 aromatic heterocycles. The summed E-state index contributed by atoms with van der Waals surface area (Å²) < 4.78 is 14.1. The predicted octanol–water partition coefficient (Wildman–Crippen LogP) is -0.0382. The Morgan fingerprint density at radius 2 is 2.00 bits per heavy atom. The molecule has 0 heterocycles. The van der Waals surface area contributed by atoms with E-state index in [2.05, 4.69) is 9.47 Å². The number of aliphatic hydroxyl groups is 1. The Labute approximate surface area is 60.7 Å². The molecular weight excluding hydrogens is 136 g/mol. The fourth-order valence-corrected chi connectivity index (χ4v) is 0.423. The quantitative estimate of drug-likeness (QED) is 0.426. The molecule has 0 aromatic rings. The second-order valence-corrected chi connectivity index (χ2v) is 1.63. The van der Waals surface area contributed by atoms with E-state index in [1.165, 1.54) is 0 Å². The monoisotopic (exact) mass is 150 g/mol. The fourth-order valence-electron chi connectivity index (χ4n) is 0.423. The summed E-state index contributed by atoms with van der Waals surface area (Å²) in [4.78, 5) is 0. The highest BCUT2D eigenvalue weighted by Gasteiger charge is 1.99. The predicted molar refractivity (Wildman–Crippen MR) is 35.5 cm³/mol. The van der Waals surface area contributed by atoms with Gasteiger partial charge in [0.05, 0.1) is 13.2 Å². The Morgan fingerprint density at radius 1 is 1.30 bits per heavy atom. The van der Waals surface area contributed by atoms with E-state index in [0.717, 1.165) is 0 Å². The zero-order valence-electron chi connectivity index (χ0n) is 6.37.